The van der Waals surface area contributed by atoms with Crippen molar-refractivity contribution < 1.29 is 9.18 Å². The number of para-hydroxylation sites is 1. The summed E-state index contributed by atoms with van der Waals surface area (Å²) in [6, 6.07) is 5.81. The van der Waals surface area contributed by atoms with Gasteiger partial charge in [0.2, 0.25) is 5.91 Å². The second-order valence-electron chi connectivity index (χ2n) is 3.64. The maximum Gasteiger partial charge on any atom is 0.241 e. The summed E-state index contributed by atoms with van der Waals surface area (Å²) in [4.78, 5) is 11.6. The average molecular weight is 261 g/mol. The highest BCUT2D eigenvalue weighted by atomic mass is 35.5. The lowest BCUT2D eigenvalue weighted by Crippen LogP contribution is -2.38. The molecular formula is C12H18ClFN2O. The fraction of sp³-hybridized carbons (Fsp3) is 0.417. The molecule has 5 heteroatoms. The van der Waals surface area contributed by atoms with Gasteiger partial charge in [-0.3, -0.25) is 4.79 Å². The number of anilines is 1. The van der Waals surface area contributed by atoms with Crippen molar-refractivity contribution in [2.45, 2.75) is 26.3 Å². The third-order valence-corrected chi connectivity index (χ3v) is 2.23. The summed E-state index contributed by atoms with van der Waals surface area (Å²) in [6.07, 6.45) is 0.956. The van der Waals surface area contributed by atoms with Crippen LogP contribution in [-0.4, -0.2) is 18.5 Å². The van der Waals surface area contributed by atoms with E-state index in [2.05, 4.69) is 10.6 Å². The summed E-state index contributed by atoms with van der Waals surface area (Å²) >= 11 is 0. The summed E-state index contributed by atoms with van der Waals surface area (Å²) in [5.74, 6) is -0.642. The van der Waals surface area contributed by atoms with Crippen LogP contribution in [0.4, 0.5) is 10.1 Å². The van der Waals surface area contributed by atoms with Crippen molar-refractivity contribution in [3.05, 3.63) is 30.1 Å². The molecule has 17 heavy (non-hydrogen) atoms. The Morgan fingerprint density at radius 2 is 2.06 bits per heavy atom. The van der Waals surface area contributed by atoms with Gasteiger partial charge in [0.05, 0.1) is 11.7 Å². The van der Waals surface area contributed by atoms with Gasteiger partial charge in [0, 0.05) is 0 Å². The van der Waals surface area contributed by atoms with E-state index in [0.717, 1.165) is 13.0 Å². The van der Waals surface area contributed by atoms with Crippen LogP contribution < -0.4 is 10.6 Å². The molecule has 0 aliphatic rings. The van der Waals surface area contributed by atoms with Gasteiger partial charge in [0.1, 0.15) is 5.82 Å². The van der Waals surface area contributed by atoms with E-state index < -0.39 is 5.82 Å². The molecular weight excluding hydrogens is 243 g/mol. The Morgan fingerprint density at radius 3 is 2.65 bits per heavy atom. The number of hydrogen-bond donors (Lipinski definition) is 2. The van der Waals surface area contributed by atoms with Crippen molar-refractivity contribution in [2.75, 3.05) is 11.9 Å². The van der Waals surface area contributed by atoms with Crippen molar-refractivity contribution in [1.82, 2.24) is 5.32 Å². The Bertz CT molecular complexity index is 360. The molecule has 0 radical (unpaired) electrons. The summed E-state index contributed by atoms with van der Waals surface area (Å²) in [5, 5.41) is 5.58. The van der Waals surface area contributed by atoms with Gasteiger partial charge in [-0.15, -0.1) is 12.4 Å². The predicted molar refractivity (Wildman–Crippen MR) is 70.0 cm³/mol. The topological polar surface area (TPSA) is 41.1 Å². The summed E-state index contributed by atoms with van der Waals surface area (Å²) in [6.45, 7) is 4.55. The lowest BCUT2D eigenvalue weighted by molar-refractivity contribution is -0.117. The first-order valence-electron chi connectivity index (χ1n) is 5.44. The molecule has 1 atom stereocenters. The minimum atomic E-state index is -0.418. The molecule has 0 aliphatic heterocycles. The van der Waals surface area contributed by atoms with Gasteiger partial charge in [0.15, 0.2) is 0 Å². The Morgan fingerprint density at radius 1 is 1.41 bits per heavy atom. The first-order chi connectivity index (χ1) is 7.65. The molecule has 96 valence electrons. The van der Waals surface area contributed by atoms with Crippen molar-refractivity contribution >= 4 is 24.0 Å². The number of benzene rings is 1. The van der Waals surface area contributed by atoms with Crippen LogP contribution in [0.1, 0.15) is 20.3 Å². The summed E-state index contributed by atoms with van der Waals surface area (Å²) in [7, 11) is 0. The molecule has 0 saturated carbocycles. The molecule has 1 rings (SSSR count). The van der Waals surface area contributed by atoms with Crippen LogP contribution in [0.3, 0.4) is 0 Å². The molecule has 0 aromatic heterocycles. The first kappa shape index (κ1) is 15.9. The minimum Gasteiger partial charge on any atom is -0.322 e. The van der Waals surface area contributed by atoms with Gasteiger partial charge < -0.3 is 10.6 Å². The lowest BCUT2D eigenvalue weighted by Gasteiger charge is -2.13. The number of amides is 1. The summed E-state index contributed by atoms with van der Waals surface area (Å²) < 4.78 is 13.2. The fourth-order valence-electron chi connectivity index (χ4n) is 1.26. The standard InChI is InChI=1S/C12H17FN2O.ClH/c1-3-8-14-9(2)12(16)15-11-7-5-4-6-10(11)13;/h4-7,9,14H,3,8H2,1-2H3,(H,15,16);1H. The predicted octanol–water partition coefficient (Wildman–Crippen LogP) is 2.57. The van der Waals surface area contributed by atoms with Gasteiger partial charge >= 0.3 is 0 Å². The molecule has 0 spiro atoms. The number of halogens is 2. The Hall–Kier alpha value is -1.13. The van der Waals surface area contributed by atoms with E-state index in [1.165, 1.54) is 6.07 Å². The Balaban J connectivity index is 0.00000256. The largest absolute Gasteiger partial charge is 0.322 e. The maximum atomic E-state index is 13.2. The van der Waals surface area contributed by atoms with E-state index >= 15 is 0 Å². The second kappa shape index (κ2) is 8.03. The number of carbonyl (C=O) groups excluding carboxylic acids is 1. The molecule has 0 saturated heterocycles. The molecule has 0 heterocycles. The molecule has 3 nitrogen and oxygen atoms in total. The fourth-order valence-corrected chi connectivity index (χ4v) is 1.26. The van der Waals surface area contributed by atoms with E-state index in [9.17, 15) is 9.18 Å². The smallest absolute Gasteiger partial charge is 0.241 e. The third kappa shape index (κ3) is 5.15. The van der Waals surface area contributed by atoms with Gasteiger partial charge in [-0.2, -0.15) is 0 Å². The first-order valence-corrected chi connectivity index (χ1v) is 5.44. The SMILES string of the molecule is CCCNC(C)C(=O)Nc1ccccc1F.Cl. The second-order valence-corrected chi connectivity index (χ2v) is 3.64. The van der Waals surface area contributed by atoms with Crippen molar-refractivity contribution in [3.63, 3.8) is 0 Å². The highest BCUT2D eigenvalue weighted by Crippen LogP contribution is 2.12. The van der Waals surface area contributed by atoms with E-state index in [4.69, 9.17) is 0 Å². The zero-order valence-electron chi connectivity index (χ0n) is 10.00. The minimum absolute atomic E-state index is 0. The zero-order chi connectivity index (χ0) is 12.0. The molecule has 1 aromatic rings. The Kier molecular flexibility index (Phi) is 7.50. The van der Waals surface area contributed by atoms with E-state index in [-0.39, 0.29) is 30.0 Å². The van der Waals surface area contributed by atoms with Crippen molar-refractivity contribution in [2.24, 2.45) is 0 Å². The van der Waals surface area contributed by atoms with Crippen molar-refractivity contribution in [3.8, 4) is 0 Å². The molecule has 0 fully saturated rings. The lowest BCUT2D eigenvalue weighted by atomic mass is 10.2. The Labute approximate surface area is 107 Å². The highest BCUT2D eigenvalue weighted by Gasteiger charge is 2.12. The van der Waals surface area contributed by atoms with E-state index in [1.807, 2.05) is 6.92 Å². The maximum absolute atomic E-state index is 13.2. The van der Waals surface area contributed by atoms with Crippen LogP contribution in [0.5, 0.6) is 0 Å². The van der Waals surface area contributed by atoms with Crippen molar-refractivity contribution in [1.29, 1.82) is 0 Å². The normalized spacial score (nSPS) is 11.5. The van der Waals surface area contributed by atoms with Gasteiger partial charge in [-0.1, -0.05) is 19.1 Å². The molecule has 1 aromatic carbocycles. The average Bonchev–Trinajstić information content (AvgIpc) is 2.28. The highest BCUT2D eigenvalue weighted by molar-refractivity contribution is 5.94. The molecule has 2 N–H and O–H groups in total. The molecule has 1 unspecified atom stereocenters. The molecule has 0 aliphatic carbocycles. The quantitative estimate of drug-likeness (QED) is 0.854. The van der Waals surface area contributed by atoms with Crippen LogP contribution in [0.25, 0.3) is 0 Å². The molecule has 1 amide bonds. The van der Waals surface area contributed by atoms with E-state index in [1.54, 1.807) is 25.1 Å². The van der Waals surface area contributed by atoms with Gasteiger partial charge in [-0.25, -0.2) is 4.39 Å². The summed E-state index contributed by atoms with van der Waals surface area (Å²) in [5.41, 5.74) is 0.220. The number of hydrogen-bond acceptors (Lipinski definition) is 2. The van der Waals surface area contributed by atoms with Gasteiger partial charge in [0.25, 0.3) is 0 Å². The van der Waals surface area contributed by atoms with E-state index in [0.29, 0.717) is 0 Å². The number of carbonyl (C=O) groups is 1. The monoisotopic (exact) mass is 260 g/mol. The van der Waals surface area contributed by atoms with Crippen LogP contribution in [0.2, 0.25) is 0 Å². The van der Waals surface area contributed by atoms with Gasteiger partial charge in [-0.05, 0) is 32.0 Å². The zero-order valence-corrected chi connectivity index (χ0v) is 10.8. The number of nitrogens with one attached hydrogen (secondary N) is 2. The van der Waals surface area contributed by atoms with Crippen LogP contribution >= 0.6 is 12.4 Å². The molecule has 0 bridgehead atoms. The van der Waals surface area contributed by atoms with Crippen LogP contribution in [0, 0.1) is 5.82 Å². The van der Waals surface area contributed by atoms with Crippen LogP contribution in [0.15, 0.2) is 24.3 Å². The van der Waals surface area contributed by atoms with Crippen LogP contribution in [-0.2, 0) is 4.79 Å². The third-order valence-electron chi connectivity index (χ3n) is 2.23. The number of rotatable bonds is 5.